The van der Waals surface area contributed by atoms with Crippen molar-refractivity contribution in [3.8, 4) is 0 Å². The van der Waals surface area contributed by atoms with E-state index in [9.17, 15) is 8.42 Å². The van der Waals surface area contributed by atoms with Gasteiger partial charge in [-0.1, -0.05) is 0 Å². The molecule has 0 amide bonds. The monoisotopic (exact) mass is 278 g/mol. The second kappa shape index (κ2) is 4.31. The van der Waals surface area contributed by atoms with Crippen molar-refractivity contribution in [3.63, 3.8) is 0 Å². The van der Waals surface area contributed by atoms with Crippen LogP contribution in [0.2, 0.25) is 0 Å². The number of thiophene rings is 1. The molecule has 0 aliphatic carbocycles. The molecule has 1 aromatic heterocycles. The van der Waals surface area contributed by atoms with Crippen molar-refractivity contribution < 1.29 is 8.42 Å². The Balaban J connectivity index is 2.20. The lowest BCUT2D eigenvalue weighted by molar-refractivity contribution is 0.572. The van der Waals surface area contributed by atoms with E-state index in [4.69, 9.17) is 11.6 Å². The maximum atomic E-state index is 11.4. The number of aryl methyl sites for hydroxylation is 2. The molecule has 0 radical (unpaired) electrons. The second-order valence-corrected chi connectivity index (χ2v) is 8.46. The number of hydrogen-bond donors (Lipinski definition) is 0. The van der Waals surface area contributed by atoms with E-state index in [0.29, 0.717) is 12.2 Å². The average molecular weight is 279 g/mol. The van der Waals surface area contributed by atoms with Gasteiger partial charge in [-0.2, -0.15) is 0 Å². The van der Waals surface area contributed by atoms with Crippen LogP contribution in [0.1, 0.15) is 27.1 Å². The summed E-state index contributed by atoms with van der Waals surface area (Å²) in [5.41, 5.74) is 1.19. The van der Waals surface area contributed by atoms with Crippen molar-refractivity contribution in [2.24, 2.45) is 5.92 Å². The molecule has 1 saturated heterocycles. The molecular weight excluding hydrogens is 264 g/mol. The van der Waals surface area contributed by atoms with Gasteiger partial charge in [0.2, 0.25) is 0 Å². The van der Waals surface area contributed by atoms with E-state index in [1.807, 2.05) is 6.92 Å². The second-order valence-electron chi connectivity index (χ2n) is 4.47. The van der Waals surface area contributed by atoms with Crippen LogP contribution in [0.15, 0.2) is 6.07 Å². The van der Waals surface area contributed by atoms with Crippen LogP contribution in [-0.2, 0) is 9.84 Å². The molecular formula is C11H15ClO2S2. The molecule has 0 spiro atoms. The van der Waals surface area contributed by atoms with E-state index in [0.717, 1.165) is 4.88 Å². The van der Waals surface area contributed by atoms with Gasteiger partial charge in [0.1, 0.15) is 0 Å². The molecule has 0 saturated carbocycles. The highest BCUT2D eigenvalue weighted by molar-refractivity contribution is 7.91. The molecule has 2 atom stereocenters. The Morgan fingerprint density at radius 3 is 2.62 bits per heavy atom. The maximum absolute atomic E-state index is 11.4. The molecule has 1 fully saturated rings. The minimum Gasteiger partial charge on any atom is -0.229 e. The van der Waals surface area contributed by atoms with Crippen LogP contribution >= 0.6 is 22.9 Å². The van der Waals surface area contributed by atoms with Gasteiger partial charge in [0.25, 0.3) is 0 Å². The molecule has 90 valence electrons. The Morgan fingerprint density at radius 2 is 2.19 bits per heavy atom. The largest absolute Gasteiger partial charge is 0.229 e. The SMILES string of the molecule is Cc1cc(C)c(C(Cl)C2CCS(=O)(=O)C2)s1. The third kappa shape index (κ3) is 2.44. The normalized spacial score (nSPS) is 25.8. The fourth-order valence-corrected chi connectivity index (χ4v) is 5.78. The van der Waals surface area contributed by atoms with E-state index in [1.165, 1.54) is 10.4 Å². The molecule has 2 unspecified atom stereocenters. The number of alkyl halides is 1. The molecule has 5 heteroatoms. The Labute approximate surface area is 106 Å². The standard InChI is InChI=1S/C11H15ClO2S2/c1-7-5-8(2)15-11(7)10(12)9-3-4-16(13,14)6-9/h5,9-10H,3-4,6H2,1-2H3. The summed E-state index contributed by atoms with van der Waals surface area (Å²) in [7, 11) is -2.83. The van der Waals surface area contributed by atoms with Crippen LogP contribution in [0.25, 0.3) is 0 Å². The number of hydrogen-bond acceptors (Lipinski definition) is 3. The van der Waals surface area contributed by atoms with Gasteiger partial charge < -0.3 is 0 Å². The van der Waals surface area contributed by atoms with E-state index in [1.54, 1.807) is 11.3 Å². The van der Waals surface area contributed by atoms with Crippen LogP contribution in [0.5, 0.6) is 0 Å². The predicted molar refractivity (Wildman–Crippen MR) is 69.1 cm³/mol. The molecule has 0 N–H and O–H groups in total. The first kappa shape index (κ1) is 12.4. The molecule has 16 heavy (non-hydrogen) atoms. The van der Waals surface area contributed by atoms with E-state index in [-0.39, 0.29) is 17.0 Å². The Morgan fingerprint density at radius 1 is 1.50 bits per heavy atom. The Hall–Kier alpha value is -0.0600. The zero-order valence-electron chi connectivity index (χ0n) is 9.36. The van der Waals surface area contributed by atoms with Crippen LogP contribution in [-0.4, -0.2) is 19.9 Å². The quantitative estimate of drug-likeness (QED) is 0.779. The van der Waals surface area contributed by atoms with Crippen molar-refractivity contribution >= 4 is 32.8 Å². The van der Waals surface area contributed by atoms with E-state index >= 15 is 0 Å². The van der Waals surface area contributed by atoms with Gasteiger partial charge in [0.05, 0.1) is 16.9 Å². The smallest absolute Gasteiger partial charge is 0.150 e. The first-order chi connectivity index (χ1) is 7.39. The highest BCUT2D eigenvalue weighted by Crippen LogP contribution is 2.40. The van der Waals surface area contributed by atoms with Crippen LogP contribution in [0.4, 0.5) is 0 Å². The molecule has 1 aliphatic rings. The summed E-state index contributed by atoms with van der Waals surface area (Å²) in [6.07, 6.45) is 0.701. The summed E-state index contributed by atoms with van der Waals surface area (Å²) in [4.78, 5) is 2.38. The lowest BCUT2D eigenvalue weighted by Crippen LogP contribution is -2.10. The number of halogens is 1. The summed E-state index contributed by atoms with van der Waals surface area (Å²) < 4.78 is 22.8. The highest BCUT2D eigenvalue weighted by Gasteiger charge is 2.34. The van der Waals surface area contributed by atoms with Crippen molar-refractivity contribution in [1.82, 2.24) is 0 Å². The summed E-state index contributed by atoms with van der Waals surface area (Å²) in [5, 5.41) is -0.143. The fourth-order valence-electron chi connectivity index (χ4n) is 2.20. The zero-order chi connectivity index (χ0) is 11.9. The molecule has 2 nitrogen and oxygen atoms in total. The molecule has 0 aromatic carbocycles. The van der Waals surface area contributed by atoms with Crippen molar-refractivity contribution in [2.45, 2.75) is 25.6 Å². The predicted octanol–water partition coefficient (Wildman–Crippen LogP) is 3.08. The minimum atomic E-state index is -2.83. The Bertz CT molecular complexity index is 490. The summed E-state index contributed by atoms with van der Waals surface area (Å²) in [5.74, 6) is 0.630. The summed E-state index contributed by atoms with van der Waals surface area (Å²) in [6, 6.07) is 2.11. The van der Waals surface area contributed by atoms with Gasteiger partial charge in [-0.05, 0) is 37.8 Å². The van der Waals surface area contributed by atoms with E-state index < -0.39 is 9.84 Å². The Kier molecular flexibility index (Phi) is 3.34. The van der Waals surface area contributed by atoms with Gasteiger partial charge in [-0.3, -0.25) is 0 Å². The van der Waals surface area contributed by atoms with E-state index in [2.05, 4.69) is 13.0 Å². The molecule has 2 heterocycles. The molecule has 0 bridgehead atoms. The number of rotatable bonds is 2. The van der Waals surface area contributed by atoms with Crippen LogP contribution in [0, 0.1) is 19.8 Å². The van der Waals surface area contributed by atoms with Gasteiger partial charge in [-0.15, -0.1) is 22.9 Å². The highest BCUT2D eigenvalue weighted by atomic mass is 35.5. The topological polar surface area (TPSA) is 34.1 Å². The van der Waals surface area contributed by atoms with Crippen molar-refractivity contribution in [3.05, 3.63) is 21.4 Å². The lowest BCUT2D eigenvalue weighted by Gasteiger charge is -2.14. The fraction of sp³-hybridized carbons (Fsp3) is 0.636. The third-order valence-electron chi connectivity index (χ3n) is 3.01. The molecule has 1 aliphatic heterocycles. The lowest BCUT2D eigenvalue weighted by atomic mass is 10.0. The third-order valence-corrected chi connectivity index (χ3v) is 6.74. The minimum absolute atomic E-state index is 0.0865. The zero-order valence-corrected chi connectivity index (χ0v) is 11.8. The van der Waals surface area contributed by atoms with Gasteiger partial charge in [0.15, 0.2) is 9.84 Å². The summed E-state index contributed by atoms with van der Waals surface area (Å²) >= 11 is 8.09. The first-order valence-electron chi connectivity index (χ1n) is 5.30. The molecule has 2 rings (SSSR count). The summed E-state index contributed by atoms with van der Waals surface area (Å²) in [6.45, 7) is 4.09. The maximum Gasteiger partial charge on any atom is 0.150 e. The van der Waals surface area contributed by atoms with Gasteiger partial charge in [-0.25, -0.2) is 8.42 Å². The van der Waals surface area contributed by atoms with Gasteiger partial charge in [0, 0.05) is 9.75 Å². The van der Waals surface area contributed by atoms with Crippen molar-refractivity contribution in [2.75, 3.05) is 11.5 Å². The van der Waals surface area contributed by atoms with Crippen LogP contribution < -0.4 is 0 Å². The first-order valence-corrected chi connectivity index (χ1v) is 8.38. The van der Waals surface area contributed by atoms with Gasteiger partial charge >= 0.3 is 0 Å². The number of sulfone groups is 1. The average Bonchev–Trinajstić information content (AvgIpc) is 2.68. The molecule has 1 aromatic rings. The van der Waals surface area contributed by atoms with Crippen molar-refractivity contribution in [1.29, 1.82) is 0 Å². The van der Waals surface area contributed by atoms with Crippen LogP contribution in [0.3, 0.4) is 0 Å².